The SMILES string of the molecule is CCOC(=O)N1CCN(C(=O)C(CCC(=O)O)NC(=O)c2cc(OC3(C(=O)OCC)CCC3)c3cc(Cl)c(C)cc3n2)CC1.CCOC(=O)N1CCN(C(=O)C(CCC(=O)O)NC(=O)c2cc(OC3(C(=O)OCC)CCC3)c3cc(F)c(C)cc3n2)CC1. The van der Waals surface area contributed by atoms with Gasteiger partial charge in [-0.3, -0.25) is 28.8 Å². The van der Waals surface area contributed by atoms with Gasteiger partial charge < -0.3 is 68.9 Å². The molecule has 4 aromatic rings. The summed E-state index contributed by atoms with van der Waals surface area (Å²) >= 11 is 6.40. The van der Waals surface area contributed by atoms with Gasteiger partial charge in [0, 0.05) is 93.1 Å². The van der Waals surface area contributed by atoms with Crippen molar-refractivity contribution in [3.8, 4) is 11.5 Å². The highest BCUT2D eigenvalue weighted by atomic mass is 35.5. The second-order valence-corrected chi connectivity index (χ2v) is 21.9. The number of aryl methyl sites for hydroxylation is 2. The number of aliphatic carboxylic acids is 2. The van der Waals surface area contributed by atoms with Crippen LogP contribution in [0.2, 0.25) is 5.02 Å². The van der Waals surface area contributed by atoms with Crippen molar-refractivity contribution in [2.24, 2.45) is 0 Å². The molecule has 2 aromatic heterocycles. The van der Waals surface area contributed by atoms with E-state index in [2.05, 4.69) is 20.6 Å². The number of esters is 2. The fourth-order valence-electron chi connectivity index (χ4n) is 10.3. The molecule has 26 nitrogen and oxygen atoms in total. The Balaban J connectivity index is 0.000000251. The van der Waals surface area contributed by atoms with Gasteiger partial charge >= 0.3 is 36.1 Å². The second-order valence-electron chi connectivity index (χ2n) is 21.5. The topological polar surface area (TPSA) is 329 Å². The van der Waals surface area contributed by atoms with E-state index in [4.69, 9.17) is 40.0 Å². The minimum atomic E-state index is -1.29. The van der Waals surface area contributed by atoms with Crippen molar-refractivity contribution < 1.29 is 91.0 Å². The Hall–Kier alpha value is -8.62. The molecule has 2 unspecified atom stereocenters. The number of carboxylic acid groups (broad SMARTS) is 2. The molecule has 0 spiro atoms. The smallest absolute Gasteiger partial charge is 0.409 e. The molecular formula is C60H74ClFN8O18. The second kappa shape index (κ2) is 29.9. The quantitative estimate of drug-likeness (QED) is 0.0507. The first-order valence-corrected chi connectivity index (χ1v) is 29.7. The lowest BCUT2D eigenvalue weighted by atomic mass is 9.80. The summed E-state index contributed by atoms with van der Waals surface area (Å²) in [6.45, 7) is 12.5. The summed E-state index contributed by atoms with van der Waals surface area (Å²) in [5, 5.41) is 25.0. The molecule has 4 aliphatic rings. The van der Waals surface area contributed by atoms with Gasteiger partial charge in [-0.05, 0) is 128 Å². The molecule has 2 saturated heterocycles. The molecule has 2 saturated carbocycles. The Kier molecular flexibility index (Phi) is 22.7. The van der Waals surface area contributed by atoms with E-state index in [1.54, 1.807) is 46.8 Å². The molecular weight excluding hydrogens is 1180 g/mol. The fourth-order valence-corrected chi connectivity index (χ4v) is 10.4. The highest BCUT2D eigenvalue weighted by molar-refractivity contribution is 6.32. The molecule has 4 heterocycles. The Bertz CT molecular complexity index is 3090. The van der Waals surface area contributed by atoms with Crippen LogP contribution in [0.25, 0.3) is 21.8 Å². The minimum Gasteiger partial charge on any atom is -0.481 e. The first-order valence-electron chi connectivity index (χ1n) is 29.4. The number of amides is 6. The number of carbonyl (C=O) groups is 10. The lowest BCUT2D eigenvalue weighted by Crippen LogP contribution is -2.56. The number of hydrogen-bond acceptors (Lipinski definition) is 18. The van der Waals surface area contributed by atoms with Crippen LogP contribution in [0.4, 0.5) is 14.0 Å². The van der Waals surface area contributed by atoms with E-state index in [1.807, 2.05) is 0 Å². The number of fused-ring (bicyclic) bond motifs is 2. The third-order valence-electron chi connectivity index (χ3n) is 15.5. The molecule has 2 aliphatic carbocycles. The Morgan fingerprint density at radius 2 is 0.909 bits per heavy atom. The van der Waals surface area contributed by atoms with Crippen LogP contribution in [0.1, 0.15) is 124 Å². The molecule has 88 heavy (non-hydrogen) atoms. The summed E-state index contributed by atoms with van der Waals surface area (Å²) in [6, 6.07) is 6.31. The van der Waals surface area contributed by atoms with Crippen LogP contribution in [0.15, 0.2) is 36.4 Å². The van der Waals surface area contributed by atoms with E-state index < -0.39 is 88.8 Å². The number of aromatic nitrogens is 2. The van der Waals surface area contributed by atoms with Gasteiger partial charge in [0.05, 0.1) is 37.5 Å². The number of nitrogens with zero attached hydrogens (tertiary/aromatic N) is 6. The first kappa shape index (κ1) is 66.9. The molecule has 4 fully saturated rings. The number of pyridine rings is 2. The van der Waals surface area contributed by atoms with Crippen molar-refractivity contribution in [2.75, 3.05) is 78.8 Å². The van der Waals surface area contributed by atoms with E-state index in [9.17, 15) is 62.5 Å². The van der Waals surface area contributed by atoms with Crippen molar-refractivity contribution in [1.82, 2.24) is 40.2 Å². The predicted octanol–water partition coefficient (Wildman–Crippen LogP) is 6.14. The lowest BCUT2D eigenvalue weighted by molar-refractivity contribution is -0.170. The third-order valence-corrected chi connectivity index (χ3v) is 15.9. The van der Waals surface area contributed by atoms with Crippen LogP contribution >= 0.6 is 11.6 Å². The summed E-state index contributed by atoms with van der Waals surface area (Å²) in [5.41, 5.74) is -1.16. The van der Waals surface area contributed by atoms with Gasteiger partial charge in [0.2, 0.25) is 23.0 Å². The summed E-state index contributed by atoms with van der Waals surface area (Å²) < 4.78 is 47.6. The number of carboxylic acids is 2. The molecule has 28 heteroatoms. The molecule has 476 valence electrons. The highest BCUT2D eigenvalue weighted by Gasteiger charge is 2.50. The highest BCUT2D eigenvalue weighted by Crippen LogP contribution is 2.42. The van der Waals surface area contributed by atoms with Gasteiger partial charge in [0.1, 0.15) is 40.8 Å². The maximum atomic E-state index is 14.6. The number of halogens is 2. The molecule has 6 amide bonds. The first-order chi connectivity index (χ1) is 41.9. The van der Waals surface area contributed by atoms with Crippen LogP contribution in [-0.4, -0.2) is 202 Å². The van der Waals surface area contributed by atoms with Crippen LogP contribution in [0.5, 0.6) is 11.5 Å². The van der Waals surface area contributed by atoms with Crippen LogP contribution in [-0.2, 0) is 47.7 Å². The fraction of sp³-hybridized carbons (Fsp3) is 0.533. The van der Waals surface area contributed by atoms with Crippen molar-refractivity contribution in [3.63, 3.8) is 0 Å². The molecule has 0 radical (unpaired) electrons. The van der Waals surface area contributed by atoms with E-state index in [1.165, 1.54) is 50.8 Å². The third kappa shape index (κ3) is 16.1. The van der Waals surface area contributed by atoms with Crippen LogP contribution in [0.3, 0.4) is 0 Å². The lowest BCUT2D eigenvalue weighted by Gasteiger charge is -2.39. The maximum absolute atomic E-state index is 14.6. The zero-order chi connectivity index (χ0) is 64.0. The van der Waals surface area contributed by atoms with Gasteiger partial charge in [-0.1, -0.05) is 11.6 Å². The van der Waals surface area contributed by atoms with E-state index in [0.717, 1.165) is 6.42 Å². The standard InChI is InChI=1S/C30H37ClN4O9.C30H37FN4O9/c2*1-4-42-28(40)30(9-6-10-30)44-24-17-23(32-22-15-18(3)20(31)16-19(22)24)26(38)33-21(7-8-25(36)37)27(39)34-11-13-35(14-12-34)29(41)43-5-2/h2*15-17,21H,4-14H2,1-3H3,(H,33,38)(H,36,37). The normalized spacial score (nSPS) is 16.5. The average molecular weight is 1250 g/mol. The van der Waals surface area contributed by atoms with Gasteiger partial charge in [-0.15, -0.1) is 0 Å². The largest absolute Gasteiger partial charge is 0.481 e. The van der Waals surface area contributed by atoms with Crippen molar-refractivity contribution >= 4 is 93.1 Å². The summed E-state index contributed by atoms with van der Waals surface area (Å²) in [7, 11) is 0. The summed E-state index contributed by atoms with van der Waals surface area (Å²) in [6.07, 6.45) is 1.04. The maximum Gasteiger partial charge on any atom is 0.409 e. The van der Waals surface area contributed by atoms with Gasteiger partial charge in [-0.25, -0.2) is 33.5 Å². The van der Waals surface area contributed by atoms with Crippen molar-refractivity contribution in [1.29, 1.82) is 0 Å². The number of rotatable bonds is 22. The molecule has 0 bridgehead atoms. The zero-order valence-corrected chi connectivity index (χ0v) is 50.8. The molecule has 2 aromatic carbocycles. The predicted molar refractivity (Wildman–Crippen MR) is 312 cm³/mol. The molecule has 2 atom stereocenters. The van der Waals surface area contributed by atoms with Gasteiger partial charge in [0.25, 0.3) is 11.8 Å². The van der Waals surface area contributed by atoms with E-state index in [0.29, 0.717) is 53.6 Å². The number of ether oxygens (including phenoxy) is 6. The van der Waals surface area contributed by atoms with Crippen LogP contribution in [0, 0.1) is 19.7 Å². The average Bonchev–Trinajstić information content (AvgIpc) is 1.07. The zero-order valence-electron chi connectivity index (χ0n) is 50.0. The summed E-state index contributed by atoms with van der Waals surface area (Å²) in [4.78, 5) is 141. The Morgan fingerprint density at radius 3 is 1.26 bits per heavy atom. The molecule has 8 rings (SSSR count). The number of benzene rings is 2. The summed E-state index contributed by atoms with van der Waals surface area (Å²) in [5.74, 6) is -6.08. The Labute approximate surface area is 511 Å². The number of hydrogen-bond donors (Lipinski definition) is 4. The van der Waals surface area contributed by atoms with E-state index >= 15 is 0 Å². The minimum absolute atomic E-state index is 0.0512. The van der Waals surface area contributed by atoms with Crippen molar-refractivity contribution in [2.45, 2.75) is 129 Å². The van der Waals surface area contributed by atoms with Crippen LogP contribution < -0.4 is 20.1 Å². The Morgan fingerprint density at radius 1 is 0.545 bits per heavy atom. The number of nitrogens with one attached hydrogen (secondary N) is 2. The number of carbonyl (C=O) groups excluding carboxylic acids is 8. The molecule has 4 N–H and O–H groups in total. The van der Waals surface area contributed by atoms with Crippen molar-refractivity contribution in [3.05, 3.63) is 69.8 Å². The van der Waals surface area contributed by atoms with Gasteiger partial charge in [0.15, 0.2) is 0 Å². The monoisotopic (exact) mass is 1250 g/mol. The number of piperazine rings is 2. The van der Waals surface area contributed by atoms with Gasteiger partial charge in [-0.2, -0.15) is 0 Å². The van der Waals surface area contributed by atoms with E-state index in [-0.39, 0.29) is 144 Å². The molecule has 2 aliphatic heterocycles.